The highest BCUT2D eigenvalue weighted by Crippen LogP contribution is 2.19. The number of carboxylic acid groups (broad SMARTS) is 1. The van der Waals surface area contributed by atoms with E-state index >= 15 is 0 Å². The molecule has 0 amide bonds. The normalized spacial score (nSPS) is 15.3. The molecule has 13 heavy (non-hydrogen) atoms. The first-order valence-corrected chi connectivity index (χ1v) is 4.38. The minimum Gasteiger partial charge on any atom is -0.479 e. The molecule has 0 aliphatic rings. The van der Waals surface area contributed by atoms with E-state index in [0.717, 1.165) is 0 Å². The third kappa shape index (κ3) is 4.40. The molecule has 6 heteroatoms. The number of alkyl halides is 2. The van der Waals surface area contributed by atoms with Gasteiger partial charge in [-0.05, 0) is 25.8 Å². The zero-order chi connectivity index (χ0) is 10.3. The van der Waals surface area contributed by atoms with E-state index in [2.05, 4.69) is 5.32 Å². The average molecular weight is 213 g/mol. The fourth-order valence-corrected chi connectivity index (χ4v) is 1.07. The maximum absolute atomic E-state index is 11.9. The van der Waals surface area contributed by atoms with Crippen LogP contribution >= 0.6 is 11.6 Å². The van der Waals surface area contributed by atoms with Gasteiger partial charge in [-0.1, -0.05) is 11.6 Å². The van der Waals surface area contributed by atoms with Gasteiger partial charge in [0.2, 0.25) is 0 Å². The summed E-state index contributed by atoms with van der Waals surface area (Å²) in [5, 5.41) is 10.7. The van der Waals surface area contributed by atoms with Crippen LogP contribution < -0.4 is 11.1 Å². The highest BCUT2D eigenvalue weighted by atomic mass is 35.5. The Morgan fingerprint density at radius 1 is 1.62 bits per heavy atom. The van der Waals surface area contributed by atoms with Gasteiger partial charge < -0.3 is 10.8 Å². The molecule has 0 aromatic rings. The van der Waals surface area contributed by atoms with Crippen LogP contribution in [0.4, 0.5) is 4.39 Å². The van der Waals surface area contributed by atoms with E-state index in [0.29, 0.717) is 19.4 Å². The highest BCUT2D eigenvalue weighted by molar-refractivity contribution is 6.33. The number of unbranched alkanes of at least 4 members (excludes halogenated alkanes) is 1. The lowest BCUT2D eigenvalue weighted by Crippen LogP contribution is -2.46. The second-order valence-electron chi connectivity index (χ2n) is 2.66. The lowest BCUT2D eigenvalue weighted by molar-refractivity contribution is -0.141. The van der Waals surface area contributed by atoms with Gasteiger partial charge >= 0.3 is 5.97 Å². The van der Waals surface area contributed by atoms with Gasteiger partial charge in [-0.15, -0.1) is 0 Å². The third-order valence-electron chi connectivity index (χ3n) is 1.66. The summed E-state index contributed by atoms with van der Waals surface area (Å²) in [6.45, 7) is -0.485. The van der Waals surface area contributed by atoms with Crippen molar-refractivity contribution in [2.45, 2.75) is 24.3 Å². The summed E-state index contributed by atoms with van der Waals surface area (Å²) >= 11 is 5.62. The molecule has 0 fully saturated rings. The number of aliphatic carboxylic acids is 1. The van der Waals surface area contributed by atoms with Crippen molar-refractivity contribution in [3.63, 3.8) is 0 Å². The van der Waals surface area contributed by atoms with Crippen molar-refractivity contribution in [3.8, 4) is 0 Å². The van der Waals surface area contributed by atoms with E-state index in [9.17, 15) is 9.18 Å². The second kappa shape index (κ2) is 6.12. The summed E-state index contributed by atoms with van der Waals surface area (Å²) in [7, 11) is 0. The van der Waals surface area contributed by atoms with Gasteiger partial charge in [-0.25, -0.2) is 9.18 Å². The summed E-state index contributed by atoms with van der Waals surface area (Å²) in [5.41, 5.74) is 5.22. The number of rotatable bonds is 7. The molecule has 0 bridgehead atoms. The van der Waals surface area contributed by atoms with Crippen molar-refractivity contribution < 1.29 is 14.3 Å². The van der Waals surface area contributed by atoms with Gasteiger partial charge in [0.05, 0.1) is 0 Å². The standard InChI is InChI=1S/C7H14ClFN2O2/c8-7(6(12)13,11-5-9)3-1-2-4-10/h11H,1-5,10H2,(H,12,13)/t7-/m0/s1. The molecule has 0 radical (unpaired) electrons. The van der Waals surface area contributed by atoms with Crippen LogP contribution in [0.5, 0.6) is 0 Å². The number of nitrogens with one attached hydrogen (secondary N) is 1. The molecular weight excluding hydrogens is 199 g/mol. The van der Waals surface area contributed by atoms with Crippen LogP contribution in [0.3, 0.4) is 0 Å². The van der Waals surface area contributed by atoms with E-state index in [-0.39, 0.29) is 6.42 Å². The quantitative estimate of drug-likeness (QED) is 0.329. The van der Waals surface area contributed by atoms with Crippen LogP contribution in [-0.4, -0.2) is 29.4 Å². The van der Waals surface area contributed by atoms with Crippen LogP contribution in [0.25, 0.3) is 0 Å². The van der Waals surface area contributed by atoms with Crippen LogP contribution in [0, 0.1) is 0 Å². The van der Waals surface area contributed by atoms with Crippen molar-refractivity contribution in [1.82, 2.24) is 5.32 Å². The summed E-state index contributed by atoms with van der Waals surface area (Å²) in [4.78, 5) is 8.92. The number of carbonyl (C=O) groups is 1. The predicted molar refractivity (Wildman–Crippen MR) is 48.2 cm³/mol. The summed E-state index contributed by atoms with van der Waals surface area (Å²) in [6, 6.07) is 0. The molecule has 0 aromatic carbocycles. The molecule has 0 unspecified atom stereocenters. The largest absolute Gasteiger partial charge is 0.479 e. The lowest BCUT2D eigenvalue weighted by atomic mass is 10.1. The maximum atomic E-state index is 11.9. The molecule has 78 valence electrons. The third-order valence-corrected chi connectivity index (χ3v) is 2.15. The molecule has 0 aromatic heterocycles. The molecule has 0 saturated heterocycles. The van der Waals surface area contributed by atoms with Gasteiger partial charge in [0.25, 0.3) is 0 Å². The Morgan fingerprint density at radius 2 is 2.23 bits per heavy atom. The zero-order valence-corrected chi connectivity index (χ0v) is 7.98. The van der Waals surface area contributed by atoms with Crippen molar-refractivity contribution in [2.75, 3.05) is 13.3 Å². The SMILES string of the molecule is NCCCC[C@](Cl)(NCF)C(=O)O. The maximum Gasteiger partial charge on any atom is 0.339 e. The molecule has 0 rings (SSSR count). The molecule has 0 aliphatic heterocycles. The number of carboxylic acids is 1. The van der Waals surface area contributed by atoms with Crippen LogP contribution in [-0.2, 0) is 4.79 Å². The number of hydrogen-bond acceptors (Lipinski definition) is 3. The fraction of sp³-hybridized carbons (Fsp3) is 0.857. The molecule has 0 heterocycles. The van der Waals surface area contributed by atoms with Gasteiger partial charge in [0.1, 0.15) is 6.80 Å². The van der Waals surface area contributed by atoms with Crippen LogP contribution in [0.2, 0.25) is 0 Å². The topological polar surface area (TPSA) is 75.3 Å². The van der Waals surface area contributed by atoms with Crippen LogP contribution in [0.15, 0.2) is 0 Å². The Morgan fingerprint density at radius 3 is 2.62 bits per heavy atom. The van der Waals surface area contributed by atoms with E-state index in [1.165, 1.54) is 0 Å². The predicted octanol–water partition coefficient (Wildman–Crippen LogP) is 0.652. The Labute approximate surface area is 81.2 Å². The Hall–Kier alpha value is -0.390. The van der Waals surface area contributed by atoms with Crippen molar-refractivity contribution in [2.24, 2.45) is 5.73 Å². The van der Waals surface area contributed by atoms with Crippen LogP contribution in [0.1, 0.15) is 19.3 Å². The first kappa shape index (κ1) is 12.6. The molecule has 0 spiro atoms. The molecule has 1 atom stereocenters. The Balaban J connectivity index is 4.00. The van der Waals surface area contributed by atoms with E-state index in [1.807, 2.05) is 0 Å². The van der Waals surface area contributed by atoms with Crippen molar-refractivity contribution in [3.05, 3.63) is 0 Å². The first-order chi connectivity index (χ1) is 6.06. The highest BCUT2D eigenvalue weighted by Gasteiger charge is 2.34. The average Bonchev–Trinajstić information content (AvgIpc) is 2.05. The Kier molecular flexibility index (Phi) is 5.94. The zero-order valence-electron chi connectivity index (χ0n) is 7.22. The summed E-state index contributed by atoms with van der Waals surface area (Å²) < 4.78 is 11.9. The second-order valence-corrected chi connectivity index (χ2v) is 3.31. The number of halogens is 2. The smallest absolute Gasteiger partial charge is 0.339 e. The van der Waals surface area contributed by atoms with Gasteiger partial charge in [0.15, 0.2) is 5.00 Å². The molecule has 0 aliphatic carbocycles. The molecule has 4 N–H and O–H groups in total. The van der Waals surface area contributed by atoms with Gasteiger partial charge in [-0.2, -0.15) is 0 Å². The minimum atomic E-state index is -1.69. The molecule has 4 nitrogen and oxygen atoms in total. The number of hydrogen-bond donors (Lipinski definition) is 3. The molecule has 0 saturated carbocycles. The summed E-state index contributed by atoms with van der Waals surface area (Å²) in [5.74, 6) is -1.26. The summed E-state index contributed by atoms with van der Waals surface area (Å²) in [6.07, 6.45) is 1.39. The van der Waals surface area contributed by atoms with E-state index in [1.54, 1.807) is 0 Å². The molecular formula is C7H14ClFN2O2. The van der Waals surface area contributed by atoms with Gasteiger partial charge in [0, 0.05) is 0 Å². The van der Waals surface area contributed by atoms with Gasteiger partial charge in [-0.3, -0.25) is 5.32 Å². The lowest BCUT2D eigenvalue weighted by Gasteiger charge is -2.21. The minimum absolute atomic E-state index is 0.158. The fourth-order valence-electron chi connectivity index (χ4n) is 0.890. The number of nitrogens with two attached hydrogens (primary N) is 1. The first-order valence-electron chi connectivity index (χ1n) is 4.00. The van der Waals surface area contributed by atoms with Crippen molar-refractivity contribution in [1.29, 1.82) is 0 Å². The monoisotopic (exact) mass is 212 g/mol. The van der Waals surface area contributed by atoms with E-state index < -0.39 is 17.8 Å². The Bertz CT molecular complexity index is 171. The van der Waals surface area contributed by atoms with E-state index in [4.69, 9.17) is 22.4 Å². The van der Waals surface area contributed by atoms with Crippen molar-refractivity contribution >= 4 is 17.6 Å².